The lowest BCUT2D eigenvalue weighted by atomic mass is 9.96. The molecule has 19 nitrogen and oxygen atoms in total. The number of allylic oxidation sites excluding steroid dienone is 5. The minimum Gasteiger partial charge on any atom is -0.394 e. The highest BCUT2D eigenvalue weighted by molar-refractivity contribution is 5.76. The molecule has 0 saturated carbocycles. The molecular weight excluding hydrogens is 1190 g/mol. The topological polar surface area (TPSA) is 307 Å². The van der Waals surface area contributed by atoms with Crippen LogP contribution in [0.25, 0.3) is 0 Å². The average Bonchev–Trinajstić information content (AvgIpc) is 0.814. The van der Waals surface area contributed by atoms with E-state index in [1.807, 2.05) is 6.08 Å². The number of carbonyl (C=O) groups excluding carboxylic acids is 1. The van der Waals surface area contributed by atoms with Gasteiger partial charge in [-0.2, -0.15) is 0 Å². The summed E-state index contributed by atoms with van der Waals surface area (Å²) in [6.45, 7) is 1.74. The van der Waals surface area contributed by atoms with Gasteiger partial charge in [0.2, 0.25) is 5.91 Å². The van der Waals surface area contributed by atoms with Crippen LogP contribution in [-0.2, 0) is 33.2 Å². The number of rotatable bonds is 59. The van der Waals surface area contributed by atoms with Crippen molar-refractivity contribution >= 4 is 5.91 Å². The van der Waals surface area contributed by atoms with Crippen molar-refractivity contribution in [1.82, 2.24) is 5.32 Å². The molecule has 3 fully saturated rings. The molecule has 17 unspecified atom stereocenters. The zero-order valence-electron chi connectivity index (χ0n) is 58.0. The number of hydrogen-bond donors (Lipinski definition) is 12. The molecule has 0 aromatic heterocycles. The van der Waals surface area contributed by atoms with Crippen molar-refractivity contribution in [3.05, 3.63) is 36.5 Å². The molecule has 0 spiro atoms. The second kappa shape index (κ2) is 55.8. The zero-order valence-corrected chi connectivity index (χ0v) is 58.0. The molecule has 3 rings (SSSR count). The number of ether oxygens (including phenoxy) is 6. The van der Waals surface area contributed by atoms with E-state index in [9.17, 15) is 61.0 Å². The summed E-state index contributed by atoms with van der Waals surface area (Å²) >= 11 is 0. The molecule has 0 radical (unpaired) electrons. The summed E-state index contributed by atoms with van der Waals surface area (Å²) in [5.74, 6) is -0.285. The highest BCUT2D eigenvalue weighted by atomic mass is 16.8. The van der Waals surface area contributed by atoms with Gasteiger partial charge in [0.05, 0.1) is 38.6 Å². The summed E-state index contributed by atoms with van der Waals surface area (Å²) in [6.07, 6.45) is 40.0. The quantitative estimate of drug-likeness (QED) is 0.0199. The first-order valence-electron chi connectivity index (χ1n) is 37.7. The second-order valence-corrected chi connectivity index (χ2v) is 27.1. The van der Waals surface area contributed by atoms with Crippen molar-refractivity contribution in [2.45, 2.75) is 401 Å². The molecule has 1 amide bonds. The van der Waals surface area contributed by atoms with Gasteiger partial charge in [-0.1, -0.05) is 281 Å². The van der Waals surface area contributed by atoms with Crippen molar-refractivity contribution in [2.24, 2.45) is 0 Å². The van der Waals surface area contributed by atoms with Crippen LogP contribution in [0, 0.1) is 0 Å². The van der Waals surface area contributed by atoms with Crippen molar-refractivity contribution < 1.29 is 89.4 Å². The fraction of sp³-hybridized carbons (Fsp3) is 0.905. The number of aliphatic hydroxyl groups is 11. The number of unbranched alkanes of at least 4 members (excludes halogenated alkanes) is 39. The summed E-state index contributed by atoms with van der Waals surface area (Å²) in [5, 5.41) is 121. The summed E-state index contributed by atoms with van der Waals surface area (Å²) in [4.78, 5) is 13.4. The Morgan fingerprint density at radius 3 is 1.08 bits per heavy atom. The Hall–Kier alpha value is -1.99. The Bertz CT molecular complexity index is 1830. The smallest absolute Gasteiger partial charge is 0.220 e. The molecule has 0 aliphatic carbocycles. The standard InChI is InChI=1S/C74H137NO18/c1-3-5-7-9-11-13-15-17-19-21-22-23-24-25-26-27-28-29-30-31-32-33-34-36-37-39-41-43-45-47-49-51-58(79)57(75-62(80)52-50-48-46-44-42-40-38-35-20-18-16-14-12-10-8-6-4-2)56-88-72-68(86)65(83)70(60(54-77)90-72)93-74-69(87)66(84)71(61(55-78)91-74)92-73-67(85)64(82)63(81)59(53-76)89-73/h34,36,41,43,49,51,57-61,63-74,76-79,81-87H,3-33,35,37-40,42,44-48,50,52-56H2,1-2H3,(H,75,80)/b36-34+,43-41+,51-49+. The van der Waals surface area contributed by atoms with Gasteiger partial charge in [0, 0.05) is 6.42 Å². The van der Waals surface area contributed by atoms with Crippen molar-refractivity contribution in [2.75, 3.05) is 26.4 Å². The third kappa shape index (κ3) is 37.1. The highest BCUT2D eigenvalue weighted by Crippen LogP contribution is 2.33. The van der Waals surface area contributed by atoms with E-state index in [4.69, 9.17) is 28.4 Å². The van der Waals surface area contributed by atoms with Crippen molar-refractivity contribution in [1.29, 1.82) is 0 Å². The van der Waals surface area contributed by atoms with E-state index in [1.54, 1.807) is 6.08 Å². The van der Waals surface area contributed by atoms with Gasteiger partial charge in [-0.05, 0) is 44.9 Å². The predicted octanol–water partition coefficient (Wildman–Crippen LogP) is 11.2. The lowest BCUT2D eigenvalue weighted by Gasteiger charge is -2.48. The van der Waals surface area contributed by atoms with Gasteiger partial charge in [-0.15, -0.1) is 0 Å². The van der Waals surface area contributed by atoms with Crippen LogP contribution in [-0.4, -0.2) is 193 Å². The van der Waals surface area contributed by atoms with Gasteiger partial charge in [-0.3, -0.25) is 4.79 Å². The SMILES string of the molecule is CCCCCCCCCCCCCCCCCCCCCCC/C=C/CC/C=C/CC/C=C/C(O)C(COC1OC(CO)C(OC2OC(CO)C(OC3OC(CO)C(O)C(O)C3O)C(O)C2O)C(O)C1O)NC(=O)CCCCCCCCCCCCCCCCCCC. The monoisotopic (exact) mass is 1330 g/mol. The van der Waals surface area contributed by atoms with Crippen LogP contribution in [0.4, 0.5) is 0 Å². The van der Waals surface area contributed by atoms with Gasteiger partial charge in [0.1, 0.15) is 73.2 Å². The highest BCUT2D eigenvalue weighted by Gasteiger charge is 2.53. The van der Waals surface area contributed by atoms with Gasteiger partial charge < -0.3 is 89.9 Å². The van der Waals surface area contributed by atoms with Gasteiger partial charge in [0.25, 0.3) is 0 Å². The van der Waals surface area contributed by atoms with Gasteiger partial charge >= 0.3 is 0 Å². The maximum Gasteiger partial charge on any atom is 0.220 e. The van der Waals surface area contributed by atoms with E-state index in [-0.39, 0.29) is 18.9 Å². The molecule has 546 valence electrons. The summed E-state index contributed by atoms with van der Waals surface area (Å²) in [5.41, 5.74) is 0. The molecule has 12 N–H and O–H groups in total. The lowest BCUT2D eigenvalue weighted by Crippen LogP contribution is -2.66. The fourth-order valence-electron chi connectivity index (χ4n) is 12.8. The second-order valence-electron chi connectivity index (χ2n) is 27.1. The number of aliphatic hydroxyl groups excluding tert-OH is 11. The first-order chi connectivity index (χ1) is 45.3. The van der Waals surface area contributed by atoms with Crippen LogP contribution >= 0.6 is 0 Å². The molecule has 19 heteroatoms. The summed E-state index contributed by atoms with van der Waals surface area (Å²) < 4.78 is 34.4. The van der Waals surface area contributed by atoms with E-state index >= 15 is 0 Å². The number of carbonyl (C=O) groups is 1. The van der Waals surface area contributed by atoms with E-state index in [0.717, 1.165) is 44.9 Å². The van der Waals surface area contributed by atoms with Crippen LogP contribution in [0.3, 0.4) is 0 Å². The van der Waals surface area contributed by atoms with Crippen LogP contribution in [0.5, 0.6) is 0 Å². The Labute approximate surface area is 561 Å². The molecule has 93 heavy (non-hydrogen) atoms. The molecular formula is C74H137NO18. The Morgan fingerprint density at radius 2 is 0.688 bits per heavy atom. The van der Waals surface area contributed by atoms with Crippen LogP contribution in [0.1, 0.15) is 296 Å². The summed E-state index contributed by atoms with van der Waals surface area (Å²) in [6, 6.07) is -0.995. The third-order valence-corrected chi connectivity index (χ3v) is 18.9. The first-order valence-corrected chi connectivity index (χ1v) is 37.7. The first kappa shape index (κ1) is 85.2. The molecule has 3 aliphatic heterocycles. The lowest BCUT2D eigenvalue weighted by molar-refractivity contribution is -0.379. The number of amides is 1. The van der Waals surface area contributed by atoms with Crippen molar-refractivity contribution in [3.63, 3.8) is 0 Å². The van der Waals surface area contributed by atoms with Crippen molar-refractivity contribution in [3.8, 4) is 0 Å². The van der Waals surface area contributed by atoms with E-state index in [2.05, 4.69) is 43.5 Å². The molecule has 0 bridgehead atoms. The Kier molecular flexibility index (Phi) is 51.2. The Balaban J connectivity index is 1.41. The van der Waals surface area contributed by atoms with Crippen LogP contribution in [0.2, 0.25) is 0 Å². The summed E-state index contributed by atoms with van der Waals surface area (Å²) in [7, 11) is 0. The van der Waals surface area contributed by atoms with Gasteiger partial charge in [0.15, 0.2) is 18.9 Å². The molecule has 3 saturated heterocycles. The molecule has 0 aromatic carbocycles. The zero-order chi connectivity index (χ0) is 67.5. The van der Waals surface area contributed by atoms with E-state index < -0.39 is 124 Å². The van der Waals surface area contributed by atoms with Crippen LogP contribution < -0.4 is 5.32 Å². The molecule has 3 aliphatic rings. The predicted molar refractivity (Wildman–Crippen MR) is 365 cm³/mol. The van der Waals surface area contributed by atoms with E-state index in [0.29, 0.717) is 12.8 Å². The molecule has 17 atom stereocenters. The maximum absolute atomic E-state index is 13.4. The Morgan fingerprint density at radius 1 is 0.376 bits per heavy atom. The number of hydrogen-bond acceptors (Lipinski definition) is 18. The molecule has 3 heterocycles. The average molecular weight is 1330 g/mol. The number of nitrogens with one attached hydrogen (secondary N) is 1. The third-order valence-electron chi connectivity index (χ3n) is 18.9. The van der Waals surface area contributed by atoms with Gasteiger partial charge in [-0.25, -0.2) is 0 Å². The fourth-order valence-corrected chi connectivity index (χ4v) is 12.8. The normalized spacial score (nSPS) is 27.7. The maximum atomic E-state index is 13.4. The van der Waals surface area contributed by atoms with Crippen LogP contribution in [0.15, 0.2) is 36.5 Å². The van der Waals surface area contributed by atoms with E-state index in [1.165, 1.54) is 218 Å². The minimum absolute atomic E-state index is 0.236. The molecule has 0 aromatic rings. The largest absolute Gasteiger partial charge is 0.394 e. The minimum atomic E-state index is -1.98.